The number of aromatic nitrogens is 6. The van der Waals surface area contributed by atoms with Crippen LogP contribution in [0.3, 0.4) is 0 Å². The van der Waals surface area contributed by atoms with E-state index in [4.69, 9.17) is 57.0 Å². The molecule has 2 aromatic rings. The normalized spacial score (nSPS) is 15.8. The number of hydrogen-bond acceptors (Lipinski definition) is 28. The zero-order chi connectivity index (χ0) is 64.9. The number of aryl methyl sites for hydroxylation is 1. The molecule has 1 unspecified atom stereocenters. The number of carbonyl (C=O) groups is 4. The van der Waals surface area contributed by atoms with Crippen LogP contribution >= 0.6 is 0 Å². The first-order valence-corrected chi connectivity index (χ1v) is 28.8. The molecule has 3 N–H and O–H groups in total. The summed E-state index contributed by atoms with van der Waals surface area (Å²) in [5.74, 6) is 2.22. The van der Waals surface area contributed by atoms with Gasteiger partial charge in [-0.3, -0.25) is 44.8 Å². The maximum absolute atomic E-state index is 13.4. The van der Waals surface area contributed by atoms with E-state index in [1.54, 1.807) is 90.7 Å². The lowest BCUT2D eigenvalue weighted by Gasteiger charge is -2.38. The van der Waals surface area contributed by atoms with Gasteiger partial charge in [-0.1, -0.05) is 53.4 Å². The summed E-state index contributed by atoms with van der Waals surface area (Å²) in [5.41, 5.74) is 0. The van der Waals surface area contributed by atoms with Gasteiger partial charge in [0.1, 0.15) is 66.5 Å². The van der Waals surface area contributed by atoms with Gasteiger partial charge in [-0.2, -0.15) is 24.9 Å². The first kappa shape index (κ1) is 78.9. The number of nitrogens with one attached hydrogen (secondary N) is 2. The lowest BCUT2D eigenvalue weighted by Crippen LogP contribution is -2.55. The standard InChI is InChI=1S/C24H46N4O6.C12H23N5O4.C9H16N6O3.C7H15N3O2.CH2O/c1-5-9-13-31-17-25-21-22(27(23(25)29)19-33-15-11-7-3)28(20-34-16-12-8-4)24(30)26(21)18-32-14-10-6-2;1-9-14-10(11(21-5)13-6-18-2)16-12(15-9)17(7-19-3)8-20-4;1-4-15(16)9-13-7(5-18-10-2)12-8(14-9)11-6-17-3;1-8-4-9(2)7(11)10(5-8)6-12-3;1-2/h21-22H,5-20H2,1-4H3;11,13H,6-8H2,1-5H3;16H,2,4-6H2,1,3H3,(H,11,12,13,14);4-6H2,1-3H3;1H2. The van der Waals surface area contributed by atoms with Crippen molar-refractivity contribution in [1.29, 1.82) is 0 Å². The summed E-state index contributed by atoms with van der Waals surface area (Å²) in [7, 11) is 13.2. The van der Waals surface area contributed by atoms with E-state index in [1.165, 1.54) is 7.11 Å². The van der Waals surface area contributed by atoms with Gasteiger partial charge in [0.25, 0.3) is 5.95 Å². The number of oxime groups is 1. The van der Waals surface area contributed by atoms with E-state index in [2.05, 4.69) is 80.1 Å². The van der Waals surface area contributed by atoms with Crippen molar-refractivity contribution in [3.63, 3.8) is 0 Å². The van der Waals surface area contributed by atoms with Crippen LogP contribution < -0.4 is 20.6 Å². The summed E-state index contributed by atoms with van der Waals surface area (Å²) in [6.45, 7) is 23.1. The second-order valence-electron chi connectivity index (χ2n) is 19.2. The highest BCUT2D eigenvalue weighted by Gasteiger charge is 2.59. The van der Waals surface area contributed by atoms with Gasteiger partial charge in [-0.05, 0) is 46.6 Å². The number of fused-ring (bicyclic) bond motifs is 1. The Balaban J connectivity index is 0.000000614. The van der Waals surface area contributed by atoms with Gasteiger partial charge in [-0.25, -0.2) is 24.4 Å². The van der Waals surface area contributed by atoms with Crippen LogP contribution in [0.2, 0.25) is 0 Å². The maximum Gasteiger partial charge on any atom is 0.327 e. The molecule has 3 saturated heterocycles. The molecular weight excluding hydrogens is 1140 g/mol. The van der Waals surface area contributed by atoms with Gasteiger partial charge in [0.15, 0.2) is 36.8 Å². The van der Waals surface area contributed by atoms with E-state index in [9.17, 15) is 19.6 Å². The van der Waals surface area contributed by atoms with Gasteiger partial charge in [0.2, 0.25) is 11.9 Å². The summed E-state index contributed by atoms with van der Waals surface area (Å²) < 4.78 is 53.5. The Bertz CT molecular complexity index is 2060. The average Bonchev–Trinajstić information content (AvgIpc) is 1.61. The van der Waals surface area contributed by atoms with Gasteiger partial charge >= 0.3 is 18.1 Å². The Kier molecular flexibility index (Phi) is 43.4. The first-order valence-electron chi connectivity index (χ1n) is 28.8. The van der Waals surface area contributed by atoms with Crippen molar-refractivity contribution in [2.24, 2.45) is 5.16 Å². The number of carbonyl (C=O) groups excluding carboxylic acids is 4. The Morgan fingerprint density at radius 2 is 1.11 bits per heavy atom. The molecule has 1 atom stereocenters. The third kappa shape index (κ3) is 28.3. The summed E-state index contributed by atoms with van der Waals surface area (Å²) in [4.78, 5) is 89.7. The van der Waals surface area contributed by atoms with E-state index in [0.717, 1.165) is 56.4 Å². The molecular formula is C53H102N18O16. The lowest BCUT2D eigenvalue weighted by atomic mass is 10.3. The Morgan fingerprint density at radius 1 is 0.621 bits per heavy atom. The minimum atomic E-state index is -0.521. The highest BCUT2D eigenvalue weighted by atomic mass is 16.6. The van der Waals surface area contributed by atoms with E-state index < -0.39 is 18.6 Å². The number of hydroxylamine groups is 1. The molecule has 3 aliphatic rings. The van der Waals surface area contributed by atoms with E-state index in [-0.39, 0.29) is 70.3 Å². The van der Waals surface area contributed by atoms with Crippen LogP contribution in [0.15, 0.2) is 5.16 Å². The topological polar surface area (TPSA) is 333 Å². The number of amides is 6. The fraction of sp³-hybridized carbons (Fsp3) is 0.792. The van der Waals surface area contributed by atoms with E-state index >= 15 is 0 Å². The molecule has 0 aromatic carbocycles. The number of unbranched alkanes of at least 4 members (excludes halogenated alkanes) is 4. The molecule has 2 aromatic heterocycles. The van der Waals surface area contributed by atoms with Crippen molar-refractivity contribution in [3.05, 3.63) is 17.5 Å². The molecule has 34 heteroatoms. The summed E-state index contributed by atoms with van der Waals surface area (Å²) in [5, 5.41) is 19.5. The zero-order valence-electron chi connectivity index (χ0n) is 54.1. The van der Waals surface area contributed by atoms with Crippen LogP contribution in [0.4, 0.5) is 32.2 Å². The maximum atomic E-state index is 13.4. The highest BCUT2D eigenvalue weighted by molar-refractivity contribution is 5.85. The predicted molar refractivity (Wildman–Crippen MR) is 320 cm³/mol. The molecule has 0 spiro atoms. The second kappa shape index (κ2) is 47.9. The number of nitrogens with zero attached hydrogens (tertiary/aromatic N) is 16. The van der Waals surface area contributed by atoms with Crippen LogP contribution in [-0.4, -0.2) is 277 Å². The van der Waals surface area contributed by atoms with Crippen LogP contribution in [0.1, 0.15) is 110 Å². The van der Waals surface area contributed by atoms with Crippen LogP contribution in [0.25, 0.3) is 0 Å². The van der Waals surface area contributed by atoms with Crippen molar-refractivity contribution in [3.8, 4) is 0 Å². The van der Waals surface area contributed by atoms with Crippen LogP contribution in [0.5, 0.6) is 0 Å². The molecule has 0 aliphatic carbocycles. The fourth-order valence-electron chi connectivity index (χ4n) is 7.94. The molecule has 3 aliphatic heterocycles. The van der Waals surface area contributed by atoms with Crippen molar-refractivity contribution in [1.82, 2.24) is 69.5 Å². The molecule has 5 heterocycles. The fourth-order valence-corrected chi connectivity index (χ4v) is 7.94. The number of urea groups is 3. The minimum absolute atomic E-state index is 0.0231. The Labute approximate surface area is 513 Å². The van der Waals surface area contributed by atoms with Crippen LogP contribution in [0, 0.1) is 6.92 Å². The molecule has 0 bridgehead atoms. The van der Waals surface area contributed by atoms with Gasteiger partial charge in [0.05, 0.1) is 20.1 Å². The third-order valence-electron chi connectivity index (χ3n) is 12.1. The first-order chi connectivity index (χ1) is 42.1. The van der Waals surface area contributed by atoms with Crippen LogP contribution in [-0.2, 0) is 63.6 Å². The van der Waals surface area contributed by atoms with Crippen molar-refractivity contribution in [2.45, 2.75) is 118 Å². The summed E-state index contributed by atoms with van der Waals surface area (Å²) in [6.07, 6.45) is 6.18. The number of ether oxygens (including phenoxy) is 10. The van der Waals surface area contributed by atoms with Gasteiger partial charge in [0, 0.05) is 89.4 Å². The van der Waals surface area contributed by atoms with E-state index in [0.29, 0.717) is 96.7 Å². The smallest absolute Gasteiger partial charge is 0.327 e. The molecule has 34 nitrogen and oxygen atoms in total. The van der Waals surface area contributed by atoms with Crippen molar-refractivity contribution in [2.75, 3.05) is 179 Å². The third-order valence-corrected chi connectivity index (χ3v) is 12.1. The molecule has 500 valence electrons. The van der Waals surface area contributed by atoms with Gasteiger partial charge in [-0.15, -0.1) is 5.16 Å². The zero-order valence-corrected chi connectivity index (χ0v) is 54.1. The lowest BCUT2D eigenvalue weighted by molar-refractivity contribution is -0.0980. The molecule has 0 saturated carbocycles. The predicted octanol–water partition coefficient (Wildman–Crippen LogP) is 4.10. The summed E-state index contributed by atoms with van der Waals surface area (Å²) >= 11 is 0. The molecule has 0 radical (unpaired) electrons. The quantitative estimate of drug-likeness (QED) is 0.0366. The molecule has 3 fully saturated rings. The van der Waals surface area contributed by atoms with Crippen molar-refractivity contribution < 1.29 is 76.6 Å². The number of methoxy groups -OCH3 is 6. The van der Waals surface area contributed by atoms with Crippen molar-refractivity contribution >= 4 is 49.4 Å². The largest absolute Gasteiger partial charge is 0.388 e. The second-order valence-corrected chi connectivity index (χ2v) is 19.2. The Hall–Kier alpha value is -6.15. The highest BCUT2D eigenvalue weighted by Crippen LogP contribution is 2.35. The van der Waals surface area contributed by atoms with Gasteiger partial charge < -0.3 is 67.2 Å². The SMILES string of the molecule is C=NOCc1nc(NCOC)nc(N(O)CC)n1.C=O.CCCCOCN1C(=O)N(COCCCC)C2C1N(COCCCC)C(=O)N2COCCCC.COCN1CN(C)CN(C)C1=O.COCNC(OC)c1nc(C)nc(N(COC)COC)n1. The molecule has 87 heavy (non-hydrogen) atoms. The summed E-state index contributed by atoms with van der Waals surface area (Å²) in [6, 6.07) is -0.379. The molecule has 5 rings (SSSR count). The van der Waals surface area contributed by atoms with E-state index in [1.807, 2.05) is 18.7 Å². The number of hydrogen-bond donors (Lipinski definition) is 3. The average molecular weight is 1250 g/mol. The number of rotatable bonds is 40. The number of anilines is 3. The Morgan fingerprint density at radius 3 is 1.53 bits per heavy atom. The molecule has 6 amide bonds. The monoisotopic (exact) mass is 1250 g/mol. The minimum Gasteiger partial charge on any atom is -0.388 e.